The van der Waals surface area contributed by atoms with Crippen LogP contribution in [0.2, 0.25) is 0 Å². The summed E-state index contributed by atoms with van der Waals surface area (Å²) in [5, 5.41) is 18.1. The van der Waals surface area contributed by atoms with Crippen LogP contribution in [0.4, 0.5) is 0 Å². The number of rotatable bonds is 8. The Labute approximate surface area is 167 Å². The van der Waals surface area contributed by atoms with Crippen LogP contribution in [-0.2, 0) is 0 Å². The highest BCUT2D eigenvalue weighted by Gasteiger charge is 2.22. The molecule has 1 aromatic heterocycles. The van der Waals surface area contributed by atoms with Crippen LogP contribution < -0.4 is 19.5 Å². The standard InChI is InChI=1S/C20H21N3O4S/c24-15(9-21-10-17-12-26-19-3-1-2-4-20(19)27-17)11-25-16-7-5-14(6-8-16)18-13-28-23-22-18/h1-8,13,15,17,21,24H,9-12H2/p+1/t15-,17-/m1/s1. The van der Waals surface area contributed by atoms with Crippen LogP contribution in [-0.4, -0.2) is 53.2 Å². The van der Waals surface area contributed by atoms with Gasteiger partial charge < -0.3 is 24.6 Å². The van der Waals surface area contributed by atoms with E-state index in [1.54, 1.807) is 0 Å². The van der Waals surface area contributed by atoms with Crippen molar-refractivity contribution in [1.82, 2.24) is 9.59 Å². The molecule has 0 saturated carbocycles. The van der Waals surface area contributed by atoms with Crippen LogP contribution in [0, 0.1) is 0 Å². The van der Waals surface area contributed by atoms with Crippen LogP contribution in [0.3, 0.4) is 0 Å². The molecule has 2 heterocycles. The van der Waals surface area contributed by atoms with E-state index in [0.29, 0.717) is 25.4 Å². The summed E-state index contributed by atoms with van der Waals surface area (Å²) in [5.74, 6) is 2.27. The molecule has 0 spiro atoms. The van der Waals surface area contributed by atoms with Gasteiger partial charge in [-0.3, -0.25) is 0 Å². The number of hydrogen-bond acceptors (Lipinski definition) is 7. The minimum Gasteiger partial charge on any atom is -0.491 e. The first-order valence-electron chi connectivity index (χ1n) is 9.16. The molecular weight excluding hydrogens is 378 g/mol. The van der Waals surface area contributed by atoms with E-state index in [2.05, 4.69) is 9.59 Å². The summed E-state index contributed by atoms with van der Waals surface area (Å²) in [6.07, 6.45) is -0.602. The van der Waals surface area contributed by atoms with Gasteiger partial charge in [-0.1, -0.05) is 16.6 Å². The number of para-hydroxylation sites is 2. The van der Waals surface area contributed by atoms with Crippen LogP contribution >= 0.6 is 11.5 Å². The second-order valence-electron chi connectivity index (χ2n) is 6.54. The lowest BCUT2D eigenvalue weighted by Gasteiger charge is -2.25. The predicted molar refractivity (Wildman–Crippen MR) is 105 cm³/mol. The molecule has 0 radical (unpaired) electrons. The molecule has 0 amide bonds. The maximum Gasteiger partial charge on any atom is 0.181 e. The van der Waals surface area contributed by atoms with E-state index in [1.807, 2.05) is 59.2 Å². The van der Waals surface area contributed by atoms with Gasteiger partial charge in [0.1, 0.15) is 43.9 Å². The van der Waals surface area contributed by atoms with E-state index in [0.717, 1.165) is 22.8 Å². The van der Waals surface area contributed by atoms with Crippen molar-refractivity contribution in [2.24, 2.45) is 0 Å². The summed E-state index contributed by atoms with van der Waals surface area (Å²) in [4.78, 5) is 0. The molecule has 7 nitrogen and oxygen atoms in total. The molecule has 1 aliphatic rings. The van der Waals surface area contributed by atoms with Gasteiger partial charge in [-0.2, -0.15) is 0 Å². The van der Waals surface area contributed by atoms with Crippen LogP contribution in [0.25, 0.3) is 11.3 Å². The third kappa shape index (κ3) is 4.78. The van der Waals surface area contributed by atoms with Crippen molar-refractivity contribution in [2.75, 3.05) is 26.3 Å². The van der Waals surface area contributed by atoms with Crippen LogP contribution in [0.15, 0.2) is 53.9 Å². The monoisotopic (exact) mass is 400 g/mol. The molecule has 2 aromatic carbocycles. The normalized spacial score (nSPS) is 16.5. The SMILES string of the molecule is O[C@H](C[NH2+]C[C@@H]1COc2ccccc2O1)COc1ccc(-c2csnn2)cc1. The van der Waals surface area contributed by atoms with E-state index >= 15 is 0 Å². The molecule has 1 aliphatic heterocycles. The average Bonchev–Trinajstić information content (AvgIpc) is 3.27. The molecule has 8 heteroatoms. The number of aliphatic hydroxyl groups excluding tert-OH is 1. The zero-order chi connectivity index (χ0) is 19.2. The summed E-state index contributed by atoms with van der Waals surface area (Å²) >= 11 is 1.32. The highest BCUT2D eigenvalue weighted by molar-refractivity contribution is 7.03. The number of fused-ring (bicyclic) bond motifs is 1. The first-order valence-corrected chi connectivity index (χ1v) is 10.00. The van der Waals surface area contributed by atoms with Gasteiger partial charge in [0.2, 0.25) is 0 Å². The zero-order valence-electron chi connectivity index (χ0n) is 15.2. The van der Waals surface area contributed by atoms with Crippen molar-refractivity contribution in [1.29, 1.82) is 0 Å². The van der Waals surface area contributed by atoms with Gasteiger partial charge in [-0.15, -0.1) is 5.10 Å². The fourth-order valence-electron chi connectivity index (χ4n) is 2.93. The Hall–Kier alpha value is -2.68. The van der Waals surface area contributed by atoms with Crippen LogP contribution in [0.5, 0.6) is 17.2 Å². The number of benzene rings is 2. The molecule has 0 aliphatic carbocycles. The molecule has 0 unspecified atom stereocenters. The lowest BCUT2D eigenvalue weighted by molar-refractivity contribution is -0.666. The Balaban J connectivity index is 1.17. The number of nitrogens with zero attached hydrogens (tertiary/aromatic N) is 2. The topological polar surface area (TPSA) is 90.3 Å². The van der Waals surface area contributed by atoms with Crippen molar-refractivity contribution < 1.29 is 24.6 Å². The number of hydrogen-bond donors (Lipinski definition) is 2. The fraction of sp³-hybridized carbons (Fsp3) is 0.300. The quantitative estimate of drug-likeness (QED) is 0.593. The van der Waals surface area contributed by atoms with E-state index in [1.165, 1.54) is 11.5 Å². The highest BCUT2D eigenvalue weighted by Crippen LogP contribution is 2.30. The van der Waals surface area contributed by atoms with Gasteiger partial charge in [-0.05, 0) is 47.9 Å². The summed E-state index contributed by atoms with van der Waals surface area (Å²) in [7, 11) is 0. The lowest BCUT2D eigenvalue weighted by atomic mass is 10.2. The second kappa shape index (κ2) is 9.01. The third-order valence-electron chi connectivity index (χ3n) is 4.39. The van der Waals surface area contributed by atoms with E-state index in [-0.39, 0.29) is 12.7 Å². The largest absolute Gasteiger partial charge is 0.491 e. The highest BCUT2D eigenvalue weighted by atomic mass is 32.1. The molecule has 3 N–H and O–H groups in total. The fourth-order valence-corrected chi connectivity index (χ4v) is 3.39. The minimum absolute atomic E-state index is 0.0317. The lowest BCUT2D eigenvalue weighted by Crippen LogP contribution is -2.89. The van der Waals surface area contributed by atoms with Crippen molar-refractivity contribution in [3.8, 4) is 28.5 Å². The summed E-state index contributed by atoms with van der Waals surface area (Å²) in [6.45, 7) is 1.99. The van der Waals surface area contributed by atoms with Gasteiger partial charge in [0.05, 0.1) is 0 Å². The van der Waals surface area contributed by atoms with E-state index in [9.17, 15) is 5.11 Å². The molecular formula is C20H22N3O4S+. The summed E-state index contributed by atoms with van der Waals surface area (Å²) < 4.78 is 21.1. The third-order valence-corrected chi connectivity index (χ3v) is 4.89. The number of quaternary nitrogens is 1. The van der Waals surface area contributed by atoms with E-state index < -0.39 is 6.10 Å². The van der Waals surface area contributed by atoms with Gasteiger partial charge >= 0.3 is 0 Å². The average molecular weight is 400 g/mol. The predicted octanol–water partition coefficient (Wildman–Crippen LogP) is 1.35. The van der Waals surface area contributed by atoms with Crippen molar-refractivity contribution in [3.63, 3.8) is 0 Å². The van der Waals surface area contributed by atoms with Gasteiger partial charge in [-0.25, -0.2) is 0 Å². The molecule has 3 aromatic rings. The Kier molecular flexibility index (Phi) is 6.01. The maximum atomic E-state index is 10.2. The number of ether oxygens (including phenoxy) is 3. The van der Waals surface area contributed by atoms with Gasteiger partial charge in [0.15, 0.2) is 17.6 Å². The van der Waals surface area contributed by atoms with Crippen molar-refractivity contribution in [2.45, 2.75) is 12.2 Å². The van der Waals surface area contributed by atoms with E-state index in [4.69, 9.17) is 14.2 Å². The van der Waals surface area contributed by atoms with Crippen LogP contribution in [0.1, 0.15) is 0 Å². The number of nitrogens with two attached hydrogens (primary N) is 1. The number of aromatic nitrogens is 2. The second-order valence-corrected chi connectivity index (χ2v) is 7.15. The first kappa shape index (κ1) is 18.7. The molecule has 4 rings (SSSR count). The van der Waals surface area contributed by atoms with Crippen molar-refractivity contribution >= 4 is 11.5 Å². The van der Waals surface area contributed by atoms with Crippen molar-refractivity contribution in [3.05, 3.63) is 53.9 Å². The molecule has 0 bridgehead atoms. The summed E-state index contributed by atoms with van der Waals surface area (Å²) in [6, 6.07) is 15.3. The summed E-state index contributed by atoms with van der Waals surface area (Å²) in [5.41, 5.74) is 1.84. The smallest absolute Gasteiger partial charge is 0.181 e. The minimum atomic E-state index is -0.570. The zero-order valence-corrected chi connectivity index (χ0v) is 16.0. The Morgan fingerprint density at radius 2 is 2.00 bits per heavy atom. The molecule has 0 fully saturated rings. The molecule has 2 atom stereocenters. The Morgan fingerprint density at radius 1 is 1.18 bits per heavy atom. The van der Waals surface area contributed by atoms with Gasteiger partial charge in [0.25, 0.3) is 0 Å². The first-order chi connectivity index (χ1) is 13.8. The molecule has 146 valence electrons. The Bertz CT molecular complexity index is 873. The number of aliphatic hydroxyl groups is 1. The molecule has 0 saturated heterocycles. The Morgan fingerprint density at radius 3 is 2.79 bits per heavy atom. The molecule has 28 heavy (non-hydrogen) atoms. The van der Waals surface area contributed by atoms with Gasteiger partial charge in [0, 0.05) is 10.9 Å². The maximum absolute atomic E-state index is 10.2.